The van der Waals surface area contributed by atoms with Gasteiger partial charge in [-0.1, -0.05) is 54.6 Å². The molecule has 0 bridgehead atoms. The molecule has 1 unspecified atom stereocenters. The van der Waals surface area contributed by atoms with Crippen LogP contribution in [0.25, 0.3) is 21.7 Å². The van der Waals surface area contributed by atoms with Crippen LogP contribution in [0.15, 0.2) is 91.0 Å². The van der Waals surface area contributed by atoms with Crippen molar-refractivity contribution < 1.29 is 14.4 Å². The van der Waals surface area contributed by atoms with Crippen molar-refractivity contribution in [2.45, 2.75) is 25.3 Å². The number of carbonyl (C=O) groups is 3. The van der Waals surface area contributed by atoms with Crippen molar-refractivity contribution in [3.05, 3.63) is 113 Å². The van der Waals surface area contributed by atoms with Crippen LogP contribution in [0, 0.1) is 0 Å². The van der Waals surface area contributed by atoms with Crippen LogP contribution in [0.1, 0.15) is 50.9 Å². The highest BCUT2D eigenvalue weighted by Crippen LogP contribution is 2.36. The Balaban J connectivity index is 1.24. The van der Waals surface area contributed by atoms with Crippen LogP contribution in [-0.2, 0) is 11.2 Å². The van der Waals surface area contributed by atoms with Crippen molar-refractivity contribution >= 4 is 45.1 Å². The summed E-state index contributed by atoms with van der Waals surface area (Å²) < 4.78 is 0. The number of H-pyrrole nitrogens is 1. The number of para-hydroxylation sites is 1. The standard InChI is InChI=1S/C34H30N4O3/c39-32(35-26-11-7-10-24(21-26)33(40)37-17-5-6-18-37)31-30-28(27-12-3-4-13-29(27)36-30)16-19-38(31)34(41)25-15-14-22-8-1-2-9-23(22)20-25/h1-4,7-15,20-21,31,36H,5-6,16-19H2,(H,35,39). The van der Waals surface area contributed by atoms with E-state index in [1.807, 2.05) is 71.6 Å². The molecule has 7 rings (SSSR count). The van der Waals surface area contributed by atoms with Gasteiger partial charge in [0.15, 0.2) is 6.04 Å². The third kappa shape index (κ3) is 4.53. The summed E-state index contributed by atoms with van der Waals surface area (Å²) in [7, 11) is 0. The number of aromatic nitrogens is 1. The normalized spacial score (nSPS) is 16.6. The van der Waals surface area contributed by atoms with Crippen LogP contribution in [0.2, 0.25) is 0 Å². The molecule has 2 aliphatic heterocycles. The van der Waals surface area contributed by atoms with E-state index in [9.17, 15) is 14.4 Å². The molecule has 4 aromatic carbocycles. The number of carbonyl (C=O) groups excluding carboxylic acids is 3. The summed E-state index contributed by atoms with van der Waals surface area (Å²) in [5, 5.41) is 6.12. The van der Waals surface area contributed by atoms with E-state index in [0.717, 1.165) is 58.9 Å². The molecule has 41 heavy (non-hydrogen) atoms. The van der Waals surface area contributed by atoms with Crippen LogP contribution in [0.4, 0.5) is 5.69 Å². The van der Waals surface area contributed by atoms with Crippen molar-refractivity contribution in [2.75, 3.05) is 25.0 Å². The first-order valence-corrected chi connectivity index (χ1v) is 14.2. The van der Waals surface area contributed by atoms with E-state index < -0.39 is 6.04 Å². The van der Waals surface area contributed by atoms with Crippen LogP contribution in [-0.4, -0.2) is 52.1 Å². The number of fused-ring (bicyclic) bond motifs is 4. The highest BCUT2D eigenvalue weighted by molar-refractivity contribution is 6.05. The maximum absolute atomic E-state index is 14.1. The molecule has 2 aliphatic rings. The minimum atomic E-state index is -0.858. The molecule has 1 fully saturated rings. The zero-order chi connectivity index (χ0) is 27.9. The lowest BCUT2D eigenvalue weighted by Crippen LogP contribution is -2.45. The maximum atomic E-state index is 14.1. The van der Waals surface area contributed by atoms with Crippen LogP contribution in [0.5, 0.6) is 0 Å². The molecule has 3 heterocycles. The van der Waals surface area contributed by atoms with Crippen LogP contribution >= 0.6 is 0 Å². The number of anilines is 1. The molecule has 7 heteroatoms. The Morgan fingerprint density at radius 1 is 0.732 bits per heavy atom. The van der Waals surface area contributed by atoms with Gasteiger partial charge >= 0.3 is 0 Å². The summed E-state index contributed by atoms with van der Waals surface area (Å²) in [6.45, 7) is 1.92. The van der Waals surface area contributed by atoms with Crippen molar-refractivity contribution in [3.63, 3.8) is 0 Å². The van der Waals surface area contributed by atoms with Crippen molar-refractivity contribution in [1.82, 2.24) is 14.8 Å². The Kier molecular flexibility index (Phi) is 6.27. The first-order chi connectivity index (χ1) is 20.1. The Morgan fingerprint density at radius 2 is 1.49 bits per heavy atom. The number of nitrogens with one attached hydrogen (secondary N) is 2. The predicted molar refractivity (Wildman–Crippen MR) is 160 cm³/mol. The van der Waals surface area contributed by atoms with Crippen LogP contribution < -0.4 is 5.32 Å². The zero-order valence-corrected chi connectivity index (χ0v) is 22.6. The number of aromatic amines is 1. The summed E-state index contributed by atoms with van der Waals surface area (Å²) >= 11 is 0. The van der Waals surface area contributed by atoms with E-state index in [1.165, 1.54) is 0 Å². The fourth-order valence-corrected chi connectivity index (χ4v) is 6.26. The van der Waals surface area contributed by atoms with E-state index in [4.69, 9.17) is 0 Å². The van der Waals surface area contributed by atoms with Gasteiger partial charge in [0.2, 0.25) is 0 Å². The Hall–Kier alpha value is -4.91. The molecule has 0 radical (unpaired) electrons. The lowest BCUT2D eigenvalue weighted by atomic mass is 9.95. The average Bonchev–Trinajstić information content (AvgIpc) is 3.68. The van der Waals surface area contributed by atoms with E-state index >= 15 is 0 Å². The molecular weight excluding hydrogens is 512 g/mol. The number of hydrogen-bond acceptors (Lipinski definition) is 3. The van der Waals surface area contributed by atoms with Gasteiger partial charge in [-0.15, -0.1) is 0 Å². The highest BCUT2D eigenvalue weighted by Gasteiger charge is 2.38. The summed E-state index contributed by atoms with van der Waals surface area (Å²) in [5.41, 5.74) is 4.34. The van der Waals surface area contributed by atoms with Gasteiger partial charge in [-0.25, -0.2) is 0 Å². The van der Waals surface area contributed by atoms with E-state index in [-0.39, 0.29) is 17.7 Å². The fraction of sp³-hybridized carbons (Fsp3) is 0.206. The smallest absolute Gasteiger partial charge is 0.254 e. The van der Waals surface area contributed by atoms with E-state index in [0.29, 0.717) is 29.8 Å². The minimum absolute atomic E-state index is 0.0257. The van der Waals surface area contributed by atoms with Crippen molar-refractivity contribution in [2.24, 2.45) is 0 Å². The van der Waals surface area contributed by atoms with Gasteiger partial charge in [0.1, 0.15) is 0 Å². The molecule has 1 aromatic heterocycles. The molecular formula is C34H30N4O3. The number of amides is 3. The number of rotatable bonds is 4. The van der Waals surface area contributed by atoms with E-state index in [1.54, 1.807) is 29.2 Å². The molecule has 1 saturated heterocycles. The first-order valence-electron chi connectivity index (χ1n) is 14.2. The van der Waals surface area contributed by atoms with Gasteiger partial charge in [-0.05, 0) is 72.0 Å². The minimum Gasteiger partial charge on any atom is -0.356 e. The summed E-state index contributed by atoms with van der Waals surface area (Å²) in [5.74, 6) is -0.544. The molecule has 2 N–H and O–H groups in total. The highest BCUT2D eigenvalue weighted by atomic mass is 16.2. The number of nitrogens with zero attached hydrogens (tertiary/aromatic N) is 2. The Labute approximate surface area is 237 Å². The monoisotopic (exact) mass is 542 g/mol. The third-order valence-electron chi connectivity index (χ3n) is 8.31. The zero-order valence-electron chi connectivity index (χ0n) is 22.6. The fourth-order valence-electron chi connectivity index (χ4n) is 6.26. The van der Waals surface area contributed by atoms with Gasteiger partial charge < -0.3 is 20.1 Å². The molecule has 0 aliphatic carbocycles. The molecule has 0 saturated carbocycles. The SMILES string of the molecule is O=C(Nc1cccc(C(=O)N2CCCC2)c1)C1c2[nH]c3ccccc3c2CCN1C(=O)c1ccc2ccccc2c1. The first kappa shape index (κ1) is 25.1. The van der Waals surface area contributed by atoms with Gasteiger partial charge in [0.05, 0.1) is 5.69 Å². The molecule has 1 atom stereocenters. The van der Waals surface area contributed by atoms with Gasteiger partial charge in [-0.2, -0.15) is 0 Å². The Morgan fingerprint density at radius 3 is 2.34 bits per heavy atom. The Bertz CT molecular complexity index is 1820. The second-order valence-electron chi connectivity index (χ2n) is 10.8. The predicted octanol–water partition coefficient (Wildman–Crippen LogP) is 5.94. The molecule has 5 aromatic rings. The second kappa shape index (κ2) is 10.2. The lowest BCUT2D eigenvalue weighted by molar-refractivity contribution is -0.121. The number of hydrogen-bond donors (Lipinski definition) is 2. The number of likely N-dealkylation sites (tertiary alicyclic amines) is 1. The molecule has 204 valence electrons. The lowest BCUT2D eigenvalue weighted by Gasteiger charge is -2.35. The maximum Gasteiger partial charge on any atom is 0.254 e. The second-order valence-corrected chi connectivity index (χ2v) is 10.8. The van der Waals surface area contributed by atoms with Crippen LogP contribution in [0.3, 0.4) is 0 Å². The van der Waals surface area contributed by atoms with E-state index in [2.05, 4.69) is 10.3 Å². The number of benzene rings is 4. The summed E-state index contributed by atoms with van der Waals surface area (Å²) in [6, 6.07) is 27.8. The quantitative estimate of drug-likeness (QED) is 0.295. The van der Waals surface area contributed by atoms with Gasteiger partial charge in [0, 0.05) is 47.4 Å². The van der Waals surface area contributed by atoms with Gasteiger partial charge in [0.25, 0.3) is 17.7 Å². The summed E-state index contributed by atoms with van der Waals surface area (Å²) in [6.07, 6.45) is 2.66. The average molecular weight is 543 g/mol. The topological polar surface area (TPSA) is 85.5 Å². The summed E-state index contributed by atoms with van der Waals surface area (Å²) in [4.78, 5) is 48.1. The third-order valence-corrected chi connectivity index (χ3v) is 8.31. The van der Waals surface area contributed by atoms with Crippen molar-refractivity contribution in [3.8, 4) is 0 Å². The molecule has 3 amide bonds. The molecule has 0 spiro atoms. The van der Waals surface area contributed by atoms with Gasteiger partial charge in [-0.3, -0.25) is 14.4 Å². The van der Waals surface area contributed by atoms with Crippen molar-refractivity contribution in [1.29, 1.82) is 0 Å². The largest absolute Gasteiger partial charge is 0.356 e. The molecule has 7 nitrogen and oxygen atoms in total.